The molecule has 0 aromatic rings. The topological polar surface area (TPSA) is 669 Å². The second-order valence-corrected chi connectivity index (χ2v) is 73.7. The van der Waals surface area contributed by atoms with E-state index in [1.807, 2.05) is 0 Å². The van der Waals surface area contributed by atoms with Crippen LogP contribution in [0.5, 0.6) is 0 Å². The van der Waals surface area contributed by atoms with Gasteiger partial charge in [0.05, 0.1) is 0 Å². The zero-order chi connectivity index (χ0) is 39.2. The molecule has 51 heavy (non-hydrogen) atoms. The third-order valence-electron chi connectivity index (χ3n) is 1.34. The largest absolute Gasteiger partial charge is 0 e. The van der Waals surface area contributed by atoms with Gasteiger partial charge in [-0.2, -0.15) is 0 Å². The molecule has 0 radical (unpaired) electrons. The van der Waals surface area contributed by atoms with E-state index in [0.29, 0.717) is 0 Å². The summed E-state index contributed by atoms with van der Waals surface area (Å²) in [7, 11) is 0. The molecule has 0 aliphatic carbocycles. The van der Waals surface area contributed by atoms with E-state index in [0.717, 1.165) is 0 Å². The minimum atomic E-state index is -7.19. The molecule has 6 N–H and O–H groups in total. The SMILES string of the molecule is [OH-].[OH-].[OH-].[O]=[W](=[O])([O-])[O][W](=[O])(=[O])[O][W](=[O])(=[O])[OH].[O]=[W](=[O])([O-])[O][W](=[O])(=[O])[O][W](=[O])(=[O])[O][W](=[O])(=[O])[OH].[O]=[W](=[O])([O-])[O][W](=[O])(=[O])[O][W](=[O])(=[O])[O][W](=[O])(=[O])[OH].[W]. The van der Waals surface area contributed by atoms with Crippen molar-refractivity contribution in [3.05, 3.63) is 0 Å². The van der Waals surface area contributed by atoms with Gasteiger partial charge in [0.1, 0.15) is 0 Å². The molecule has 0 saturated heterocycles. The molecule has 0 bridgehead atoms. The van der Waals surface area contributed by atoms with Crippen molar-refractivity contribution in [1.82, 2.24) is 0 Å². The minimum absolute atomic E-state index is 0. The van der Waals surface area contributed by atoms with Crippen LogP contribution in [0.1, 0.15) is 0 Å². The van der Waals surface area contributed by atoms with Crippen LogP contribution in [0.4, 0.5) is 0 Å². The number of rotatable bonds is 16. The van der Waals surface area contributed by atoms with E-state index in [4.69, 9.17) is 11.3 Å². The van der Waals surface area contributed by atoms with Crippen molar-refractivity contribution >= 4 is 0 Å². The fourth-order valence-electron chi connectivity index (χ4n) is 0.883. The zero-order valence-corrected chi connectivity index (χ0v) is 56.3. The van der Waals surface area contributed by atoms with E-state index in [9.17, 15) is 86.0 Å². The fourth-order valence-corrected chi connectivity index (χ4v) is 86.5. The molecule has 0 aliphatic heterocycles. The van der Waals surface area contributed by atoms with Crippen LogP contribution in [-0.4, -0.2) is 27.7 Å². The summed E-state index contributed by atoms with van der Waals surface area (Å²) >= 11 is -76.7. The van der Waals surface area contributed by atoms with Crippen molar-refractivity contribution in [2.45, 2.75) is 0 Å². The molecule has 0 aliphatic rings. The van der Waals surface area contributed by atoms with Gasteiger partial charge in [-0.25, -0.2) is 0 Å². The molecule has 39 nitrogen and oxygen atoms in total. The second kappa shape index (κ2) is 24.3. The van der Waals surface area contributed by atoms with E-state index in [1.165, 1.54) is 0 Å². The maximum Gasteiger partial charge on any atom is 0 e. The molecular weight excluding hydrogens is 2830 g/mol. The van der Waals surface area contributed by atoms with Crippen LogP contribution in [0.25, 0.3) is 0 Å². The van der Waals surface area contributed by atoms with Gasteiger partial charge in [-0.3, -0.25) is 0 Å². The third kappa shape index (κ3) is 53.2. The summed E-state index contributed by atoms with van der Waals surface area (Å²) in [6.45, 7) is 0. The van der Waals surface area contributed by atoms with Crippen molar-refractivity contribution in [2.24, 2.45) is 0 Å². The number of hydrogen-bond donors (Lipinski definition) is 3. The monoisotopic (exact) mass is 2840 g/mol. The average molecular weight is 2840 g/mol. The van der Waals surface area contributed by atoms with Gasteiger partial charge in [0.2, 0.25) is 0 Å². The van der Waals surface area contributed by atoms with E-state index in [-0.39, 0.29) is 37.5 Å². The van der Waals surface area contributed by atoms with Gasteiger partial charge in [0, 0.05) is 21.1 Å². The molecule has 0 heterocycles. The van der Waals surface area contributed by atoms with Gasteiger partial charge < -0.3 is 16.4 Å². The van der Waals surface area contributed by atoms with Crippen molar-refractivity contribution in [3.63, 3.8) is 0 Å². The van der Waals surface area contributed by atoms with E-state index >= 15 is 0 Å². The first-order valence-electron chi connectivity index (χ1n) is 7.38. The van der Waals surface area contributed by atoms with Gasteiger partial charge in [0.25, 0.3) is 0 Å². The molecule has 0 amide bonds. The summed E-state index contributed by atoms with van der Waals surface area (Å²) in [6.07, 6.45) is 0. The Hall–Kier alpha value is 3.18. The van der Waals surface area contributed by atoms with E-state index in [2.05, 4.69) is 16.3 Å². The normalized spacial score (nSPS) is 13.5. The quantitative estimate of drug-likeness (QED) is 0.129. The van der Waals surface area contributed by atoms with Crippen molar-refractivity contribution in [3.8, 4) is 0 Å². The molecule has 318 valence electrons. The Bertz CT molecular complexity index is 2040. The van der Waals surface area contributed by atoms with Gasteiger partial charge >= 0.3 is 298 Å². The van der Waals surface area contributed by atoms with Crippen LogP contribution in [0.3, 0.4) is 0 Å². The van der Waals surface area contributed by atoms with E-state index < -0.39 is 184 Å². The number of hydrogen-bond acceptors (Lipinski definition) is 36. The Kier molecular flexibility index (Phi) is 32.8. The Morgan fingerprint density at radius 3 is 0.510 bits per heavy atom. The van der Waals surface area contributed by atoms with Crippen LogP contribution in [0.2, 0.25) is 0 Å². The van der Waals surface area contributed by atoms with Gasteiger partial charge in [-0.05, 0) is 0 Å². The molecule has 51 heteroatoms. The smallest absolute Gasteiger partial charge is 0 e. The maximum atomic E-state index is 10.6. The van der Waals surface area contributed by atoms with Crippen LogP contribution in [-0.2, 0) is 296 Å². The minimum Gasteiger partial charge on any atom is 0 e. The molecule has 0 unspecified atom stereocenters. The van der Waals surface area contributed by atoms with Crippen molar-refractivity contribution in [2.75, 3.05) is 0 Å². The maximum absolute atomic E-state index is 10.6. The van der Waals surface area contributed by atoms with E-state index in [1.54, 1.807) is 0 Å². The molecule has 0 atom stereocenters. The first-order chi connectivity index (χ1) is 19.7. The van der Waals surface area contributed by atoms with Gasteiger partial charge in [0.15, 0.2) is 0 Å². The predicted molar refractivity (Wildman–Crippen MR) is 36.2 cm³/mol. The second-order valence-electron chi connectivity index (χ2n) is 5.09. The molecule has 0 rings (SSSR count). The summed E-state index contributed by atoms with van der Waals surface area (Å²) in [4.78, 5) is 0. The Morgan fingerprint density at radius 2 is 0.392 bits per heavy atom. The molecule has 0 fully saturated rings. The summed E-state index contributed by atoms with van der Waals surface area (Å²) in [5.74, 6) is 0. The van der Waals surface area contributed by atoms with Crippen LogP contribution >= 0.6 is 0 Å². The van der Waals surface area contributed by atoms with Gasteiger partial charge in [-0.15, -0.1) is 0 Å². The summed E-state index contributed by atoms with van der Waals surface area (Å²) in [6, 6.07) is 0. The Labute approximate surface area is 329 Å². The Balaban J connectivity index is -0.000000111. The molecular formula is H6O39W12-6. The molecule has 0 aromatic heterocycles. The average Bonchev–Trinajstić information content (AvgIpc) is 2.44. The zero-order valence-electron chi connectivity index (χ0n) is 21.1. The first kappa shape index (κ1) is 68.8. The predicted octanol–water partition coefficient (Wildman–Crippen LogP) is -8.96. The molecule has 0 saturated carbocycles. The summed E-state index contributed by atoms with van der Waals surface area (Å²) in [5.41, 5.74) is 0. The molecule has 0 aromatic carbocycles. The molecule has 0 spiro atoms. The van der Waals surface area contributed by atoms with Crippen molar-refractivity contribution in [1.29, 1.82) is 0 Å². The van der Waals surface area contributed by atoms with Gasteiger partial charge in [-0.1, -0.05) is 0 Å². The van der Waals surface area contributed by atoms with Crippen molar-refractivity contribution < 1.29 is 335 Å². The van der Waals surface area contributed by atoms with Crippen LogP contribution in [0.15, 0.2) is 0 Å². The van der Waals surface area contributed by atoms with Crippen LogP contribution in [0, 0.1) is 0 Å². The Morgan fingerprint density at radius 1 is 0.275 bits per heavy atom. The fraction of sp³-hybridized carbons (Fsp3) is 0. The summed E-state index contributed by atoms with van der Waals surface area (Å²) in [5, 5.41) is 0. The van der Waals surface area contributed by atoms with Crippen LogP contribution < -0.4 is 11.3 Å². The standard InChI is InChI=1S/6H2O.33O.12W/h6*1H2;;;;;;;;;;;;;;;;;;;;;;;;;;;;;;;;;;;;;;;;;;;;;/q;;;;;;;;;;;;;;;;;;;;;;;;;;;;;;;;;;;;3*-1;;;;;;;;;;3*+1/p-6. The summed E-state index contributed by atoms with van der Waals surface area (Å²) < 4.78 is 302. The first-order valence-corrected chi connectivity index (χ1v) is 60.4. The third-order valence-corrected chi connectivity index (χ3v) is 89.9.